The molecule has 1 aliphatic heterocycles. The SMILES string of the molecule is [N-]=[N+]=N[C@H]1C(=O)N[C@H]1C(=O)c1ccccc1. The van der Waals surface area contributed by atoms with Crippen molar-refractivity contribution < 1.29 is 9.59 Å². The lowest BCUT2D eigenvalue weighted by Crippen LogP contribution is -2.64. The van der Waals surface area contributed by atoms with Crippen LogP contribution in [0.3, 0.4) is 0 Å². The van der Waals surface area contributed by atoms with E-state index in [9.17, 15) is 9.59 Å². The van der Waals surface area contributed by atoms with Crippen LogP contribution in [0.2, 0.25) is 0 Å². The molecule has 1 aromatic carbocycles. The fourth-order valence-electron chi connectivity index (χ4n) is 1.54. The van der Waals surface area contributed by atoms with Gasteiger partial charge in [-0.25, -0.2) is 0 Å². The predicted octanol–water partition coefficient (Wildman–Crippen LogP) is 1.05. The van der Waals surface area contributed by atoms with Gasteiger partial charge in [0.15, 0.2) is 5.78 Å². The zero-order chi connectivity index (χ0) is 11.5. The molecule has 0 spiro atoms. The summed E-state index contributed by atoms with van der Waals surface area (Å²) in [5, 5.41) is 5.71. The summed E-state index contributed by atoms with van der Waals surface area (Å²) in [6.07, 6.45) is 0. The standard InChI is InChI=1S/C10H8N4O2/c11-14-13-8-7(12-10(8)16)9(15)6-4-2-1-3-5-6/h1-5,7-8H,(H,12,16)/t7-,8-/m1/s1. The molecule has 1 N–H and O–H groups in total. The summed E-state index contributed by atoms with van der Waals surface area (Å²) < 4.78 is 0. The molecule has 1 fully saturated rings. The number of hydrogen-bond acceptors (Lipinski definition) is 3. The Labute approximate surface area is 90.9 Å². The molecule has 6 nitrogen and oxygen atoms in total. The minimum absolute atomic E-state index is 0.238. The van der Waals surface area contributed by atoms with Crippen molar-refractivity contribution in [3.05, 3.63) is 46.3 Å². The first kappa shape index (κ1) is 10.2. The van der Waals surface area contributed by atoms with Crippen molar-refractivity contribution in [3.63, 3.8) is 0 Å². The smallest absolute Gasteiger partial charge is 0.232 e. The molecule has 2 rings (SSSR count). The third-order valence-corrected chi connectivity index (χ3v) is 2.40. The molecule has 0 radical (unpaired) electrons. The van der Waals surface area contributed by atoms with Crippen LogP contribution in [0.1, 0.15) is 10.4 Å². The number of rotatable bonds is 3. The highest BCUT2D eigenvalue weighted by Gasteiger charge is 2.43. The van der Waals surface area contributed by atoms with E-state index in [2.05, 4.69) is 15.3 Å². The fraction of sp³-hybridized carbons (Fsp3) is 0.200. The Morgan fingerprint density at radius 1 is 1.38 bits per heavy atom. The van der Waals surface area contributed by atoms with E-state index >= 15 is 0 Å². The Balaban J connectivity index is 2.18. The first-order valence-electron chi connectivity index (χ1n) is 4.68. The topological polar surface area (TPSA) is 94.9 Å². The number of azide groups is 1. The maximum Gasteiger partial charge on any atom is 0.232 e. The molecule has 2 atom stereocenters. The highest BCUT2D eigenvalue weighted by Crippen LogP contribution is 2.16. The summed E-state index contributed by atoms with van der Waals surface area (Å²) in [7, 11) is 0. The van der Waals surface area contributed by atoms with Crippen molar-refractivity contribution in [2.24, 2.45) is 5.11 Å². The first-order valence-corrected chi connectivity index (χ1v) is 4.68. The number of nitrogens with one attached hydrogen (secondary N) is 1. The van der Waals surface area contributed by atoms with Crippen LogP contribution in [0.25, 0.3) is 10.4 Å². The van der Waals surface area contributed by atoms with Crippen LogP contribution in [0.4, 0.5) is 0 Å². The molecule has 0 bridgehead atoms. The van der Waals surface area contributed by atoms with E-state index in [1.54, 1.807) is 30.3 Å². The van der Waals surface area contributed by atoms with Gasteiger partial charge in [0.1, 0.15) is 12.1 Å². The van der Waals surface area contributed by atoms with Gasteiger partial charge in [0.05, 0.1) is 0 Å². The lowest BCUT2D eigenvalue weighted by molar-refractivity contribution is -0.129. The van der Waals surface area contributed by atoms with Crippen LogP contribution >= 0.6 is 0 Å². The third-order valence-electron chi connectivity index (χ3n) is 2.40. The van der Waals surface area contributed by atoms with Gasteiger partial charge < -0.3 is 5.32 Å². The Morgan fingerprint density at radius 3 is 2.62 bits per heavy atom. The highest BCUT2D eigenvalue weighted by atomic mass is 16.2. The zero-order valence-electron chi connectivity index (χ0n) is 8.20. The van der Waals surface area contributed by atoms with Gasteiger partial charge in [-0.15, -0.1) is 0 Å². The minimum atomic E-state index is -0.919. The Morgan fingerprint density at radius 2 is 2.06 bits per heavy atom. The van der Waals surface area contributed by atoms with Gasteiger partial charge in [0.25, 0.3) is 0 Å². The number of β-lactam (4-membered cyclic amide) rings is 1. The number of benzene rings is 1. The second-order valence-corrected chi connectivity index (χ2v) is 3.37. The van der Waals surface area contributed by atoms with Crippen LogP contribution in [-0.4, -0.2) is 23.8 Å². The molecule has 1 aliphatic rings. The molecule has 1 saturated heterocycles. The van der Waals surface area contributed by atoms with Crippen LogP contribution < -0.4 is 5.32 Å². The lowest BCUT2D eigenvalue weighted by Gasteiger charge is -2.32. The number of carbonyl (C=O) groups excluding carboxylic acids is 2. The quantitative estimate of drug-likeness (QED) is 0.268. The molecule has 1 aromatic rings. The van der Waals surface area contributed by atoms with E-state index in [4.69, 9.17) is 5.53 Å². The van der Waals surface area contributed by atoms with Gasteiger partial charge in [0, 0.05) is 10.5 Å². The van der Waals surface area contributed by atoms with Crippen molar-refractivity contribution in [3.8, 4) is 0 Å². The van der Waals surface area contributed by atoms with E-state index in [0.29, 0.717) is 5.56 Å². The normalized spacial score (nSPS) is 22.6. The molecule has 6 heteroatoms. The second-order valence-electron chi connectivity index (χ2n) is 3.37. The van der Waals surface area contributed by atoms with Crippen molar-refractivity contribution in [2.45, 2.75) is 12.1 Å². The monoisotopic (exact) mass is 216 g/mol. The molecular formula is C10H8N4O2. The van der Waals surface area contributed by atoms with Crippen LogP contribution in [0.5, 0.6) is 0 Å². The van der Waals surface area contributed by atoms with E-state index in [1.807, 2.05) is 0 Å². The average Bonchev–Trinajstić information content (AvgIpc) is 2.33. The molecule has 0 unspecified atom stereocenters. The zero-order valence-corrected chi connectivity index (χ0v) is 8.20. The van der Waals surface area contributed by atoms with Gasteiger partial charge in [0.2, 0.25) is 5.91 Å². The predicted molar refractivity (Wildman–Crippen MR) is 55.6 cm³/mol. The van der Waals surface area contributed by atoms with Gasteiger partial charge in [-0.1, -0.05) is 35.4 Å². The summed E-state index contributed by atoms with van der Waals surface area (Å²) >= 11 is 0. The van der Waals surface area contributed by atoms with E-state index in [0.717, 1.165) is 0 Å². The van der Waals surface area contributed by atoms with Gasteiger partial charge in [-0.3, -0.25) is 9.59 Å². The van der Waals surface area contributed by atoms with Crippen molar-refractivity contribution in [1.29, 1.82) is 0 Å². The van der Waals surface area contributed by atoms with Crippen LogP contribution in [-0.2, 0) is 4.79 Å². The van der Waals surface area contributed by atoms with E-state index in [1.165, 1.54) is 0 Å². The molecule has 16 heavy (non-hydrogen) atoms. The van der Waals surface area contributed by atoms with Crippen molar-refractivity contribution in [1.82, 2.24) is 5.32 Å². The molecule has 1 amide bonds. The van der Waals surface area contributed by atoms with Crippen molar-refractivity contribution in [2.75, 3.05) is 0 Å². The van der Waals surface area contributed by atoms with Crippen molar-refractivity contribution >= 4 is 11.7 Å². The number of nitrogens with zero attached hydrogens (tertiary/aromatic N) is 3. The number of amides is 1. The second kappa shape index (κ2) is 4.04. The minimum Gasteiger partial charge on any atom is -0.345 e. The maximum atomic E-state index is 11.9. The summed E-state index contributed by atoms with van der Waals surface area (Å²) in [5.74, 6) is -0.648. The number of Topliss-reactive ketones (excluding diaryl/α,β-unsaturated/α-hetero) is 1. The summed E-state index contributed by atoms with van der Waals surface area (Å²) in [6.45, 7) is 0. The van der Waals surface area contributed by atoms with Gasteiger partial charge in [-0.05, 0) is 5.53 Å². The highest BCUT2D eigenvalue weighted by molar-refractivity contribution is 6.09. The van der Waals surface area contributed by atoms with E-state index in [-0.39, 0.29) is 5.78 Å². The average molecular weight is 216 g/mol. The Bertz CT molecular complexity index is 477. The molecular weight excluding hydrogens is 208 g/mol. The summed E-state index contributed by atoms with van der Waals surface area (Å²) in [6, 6.07) is 6.91. The maximum absolute atomic E-state index is 11.9. The molecule has 80 valence electrons. The van der Waals surface area contributed by atoms with Gasteiger partial charge in [-0.2, -0.15) is 0 Å². The molecule has 0 aliphatic carbocycles. The molecule has 0 aromatic heterocycles. The molecule has 1 heterocycles. The third kappa shape index (κ3) is 1.62. The molecule has 0 saturated carbocycles. The van der Waals surface area contributed by atoms with Crippen LogP contribution in [0, 0.1) is 0 Å². The van der Waals surface area contributed by atoms with Gasteiger partial charge >= 0.3 is 0 Å². The lowest BCUT2D eigenvalue weighted by atomic mass is 9.91. The van der Waals surface area contributed by atoms with Crippen LogP contribution in [0.15, 0.2) is 35.4 Å². The number of hydrogen-bond donors (Lipinski definition) is 1. The first-order chi connectivity index (χ1) is 7.74. The Hall–Kier alpha value is -2.33. The fourth-order valence-corrected chi connectivity index (χ4v) is 1.54. The largest absolute Gasteiger partial charge is 0.345 e. The number of carbonyl (C=O) groups is 2. The number of ketones is 1. The van der Waals surface area contributed by atoms with E-state index < -0.39 is 18.0 Å². The Kier molecular flexibility index (Phi) is 2.57. The summed E-state index contributed by atoms with van der Waals surface area (Å²) in [4.78, 5) is 25.4. The summed E-state index contributed by atoms with van der Waals surface area (Å²) in [5.41, 5.74) is 8.75.